The van der Waals surface area contributed by atoms with Crippen molar-refractivity contribution >= 4 is 0 Å². The lowest BCUT2D eigenvalue weighted by Gasteiger charge is -2.26. The summed E-state index contributed by atoms with van der Waals surface area (Å²) in [5.74, 6) is 1.71. The Morgan fingerprint density at radius 1 is 1.30 bits per heavy atom. The summed E-state index contributed by atoms with van der Waals surface area (Å²) >= 11 is 0. The van der Waals surface area contributed by atoms with Gasteiger partial charge in [0.05, 0.1) is 6.10 Å². The zero-order valence-electron chi connectivity index (χ0n) is 11.7. The maximum atomic E-state index is 5.87. The minimum absolute atomic E-state index is 0.323. The fraction of sp³-hybridized carbons (Fsp3) is 0.533. The Hall–Kier alpha value is -1.75. The summed E-state index contributed by atoms with van der Waals surface area (Å²) in [6.45, 7) is 2.67. The van der Waals surface area contributed by atoms with E-state index in [9.17, 15) is 0 Å². The molecule has 106 valence electrons. The average Bonchev–Trinajstić information content (AvgIpc) is 2.95. The van der Waals surface area contributed by atoms with Crippen LogP contribution in [0, 0.1) is 5.92 Å². The summed E-state index contributed by atoms with van der Waals surface area (Å²) < 4.78 is 11.4. The fourth-order valence-corrected chi connectivity index (χ4v) is 2.62. The molecule has 0 radical (unpaired) electrons. The molecule has 20 heavy (non-hydrogen) atoms. The normalized spacial score (nSPS) is 22.9. The van der Waals surface area contributed by atoms with Crippen LogP contribution < -0.4 is 0 Å². The van der Waals surface area contributed by atoms with Crippen LogP contribution in [0.25, 0.3) is 11.6 Å². The van der Waals surface area contributed by atoms with Crippen LogP contribution in [0.4, 0.5) is 0 Å². The number of hydrogen-bond donors (Lipinski definition) is 0. The maximum absolute atomic E-state index is 5.87. The first kappa shape index (κ1) is 13.2. The predicted molar refractivity (Wildman–Crippen MR) is 73.7 cm³/mol. The van der Waals surface area contributed by atoms with Gasteiger partial charge in [0.25, 0.3) is 5.89 Å². The number of ether oxygens (including phenoxy) is 1. The standard InChI is InChI=1S/C15H19N3O2/c1-11-5-4-6-12(9-11)19-10-14-17-18-15(20-14)13-7-2-3-8-16-13/h2-3,7-8,11-12H,4-6,9-10H2,1H3/t11-,12-/m1/s1. The molecule has 1 fully saturated rings. The van der Waals surface area contributed by atoms with Crippen molar-refractivity contribution in [3.05, 3.63) is 30.3 Å². The quantitative estimate of drug-likeness (QED) is 0.855. The van der Waals surface area contributed by atoms with E-state index in [1.54, 1.807) is 6.20 Å². The minimum atomic E-state index is 0.323. The van der Waals surface area contributed by atoms with Crippen LogP contribution >= 0.6 is 0 Å². The smallest absolute Gasteiger partial charge is 0.266 e. The van der Waals surface area contributed by atoms with E-state index in [0.29, 0.717) is 30.2 Å². The second-order valence-electron chi connectivity index (χ2n) is 5.42. The van der Waals surface area contributed by atoms with Gasteiger partial charge in [0, 0.05) is 6.20 Å². The zero-order chi connectivity index (χ0) is 13.8. The second kappa shape index (κ2) is 6.13. The fourth-order valence-electron chi connectivity index (χ4n) is 2.62. The molecule has 0 bridgehead atoms. The van der Waals surface area contributed by atoms with Gasteiger partial charge < -0.3 is 9.15 Å². The van der Waals surface area contributed by atoms with Crippen molar-refractivity contribution in [3.63, 3.8) is 0 Å². The molecule has 1 aliphatic rings. The van der Waals surface area contributed by atoms with Crippen molar-refractivity contribution in [1.82, 2.24) is 15.2 Å². The molecule has 0 saturated heterocycles. The Labute approximate surface area is 118 Å². The molecule has 3 rings (SSSR count). The first-order chi connectivity index (χ1) is 9.81. The Morgan fingerprint density at radius 2 is 2.25 bits per heavy atom. The Kier molecular flexibility index (Phi) is 4.06. The lowest BCUT2D eigenvalue weighted by atomic mass is 9.89. The average molecular weight is 273 g/mol. The maximum Gasteiger partial charge on any atom is 0.266 e. The molecule has 5 nitrogen and oxygen atoms in total. The number of rotatable bonds is 4. The minimum Gasteiger partial charge on any atom is -0.417 e. The molecule has 0 N–H and O–H groups in total. The molecule has 5 heteroatoms. The van der Waals surface area contributed by atoms with E-state index in [0.717, 1.165) is 18.8 Å². The Morgan fingerprint density at radius 3 is 3.05 bits per heavy atom. The van der Waals surface area contributed by atoms with Crippen LogP contribution in [0.5, 0.6) is 0 Å². The lowest BCUT2D eigenvalue weighted by molar-refractivity contribution is -0.00444. The topological polar surface area (TPSA) is 61.0 Å². The van der Waals surface area contributed by atoms with Gasteiger partial charge in [0.15, 0.2) is 0 Å². The van der Waals surface area contributed by atoms with Gasteiger partial charge in [0.1, 0.15) is 12.3 Å². The van der Waals surface area contributed by atoms with Gasteiger partial charge >= 0.3 is 0 Å². The number of nitrogens with zero attached hydrogens (tertiary/aromatic N) is 3. The summed E-state index contributed by atoms with van der Waals surface area (Å²) in [5.41, 5.74) is 0.692. The summed E-state index contributed by atoms with van der Waals surface area (Å²) in [6, 6.07) is 5.60. The monoisotopic (exact) mass is 273 g/mol. The van der Waals surface area contributed by atoms with Crippen molar-refractivity contribution in [3.8, 4) is 11.6 Å². The van der Waals surface area contributed by atoms with Crippen molar-refractivity contribution in [2.24, 2.45) is 5.92 Å². The van der Waals surface area contributed by atoms with Crippen LogP contribution in [-0.2, 0) is 11.3 Å². The molecule has 1 saturated carbocycles. The van der Waals surface area contributed by atoms with Crippen LogP contribution in [0.2, 0.25) is 0 Å². The van der Waals surface area contributed by atoms with Gasteiger partial charge in [-0.25, -0.2) is 0 Å². The molecular weight excluding hydrogens is 254 g/mol. The van der Waals surface area contributed by atoms with Gasteiger partial charge in [0.2, 0.25) is 5.89 Å². The first-order valence-corrected chi connectivity index (χ1v) is 7.16. The van der Waals surface area contributed by atoms with Crippen molar-refractivity contribution in [1.29, 1.82) is 0 Å². The molecule has 2 atom stereocenters. The summed E-state index contributed by atoms with van der Waals surface area (Å²) in [6.07, 6.45) is 6.84. The van der Waals surface area contributed by atoms with Crippen molar-refractivity contribution in [2.75, 3.05) is 0 Å². The Bertz CT molecular complexity index is 541. The van der Waals surface area contributed by atoms with Gasteiger partial charge in [-0.05, 0) is 30.9 Å². The summed E-state index contributed by atoms with van der Waals surface area (Å²) in [5, 5.41) is 8.02. The Balaban J connectivity index is 1.58. The van der Waals surface area contributed by atoms with Gasteiger partial charge in [-0.15, -0.1) is 10.2 Å². The number of pyridine rings is 1. The van der Waals surface area contributed by atoms with Crippen LogP contribution in [0.15, 0.2) is 28.8 Å². The van der Waals surface area contributed by atoms with E-state index >= 15 is 0 Å². The third-order valence-corrected chi connectivity index (χ3v) is 3.68. The zero-order valence-corrected chi connectivity index (χ0v) is 11.7. The highest BCUT2D eigenvalue weighted by atomic mass is 16.5. The molecule has 2 aromatic heterocycles. The third-order valence-electron chi connectivity index (χ3n) is 3.68. The molecule has 2 aromatic rings. The summed E-state index contributed by atoms with van der Waals surface area (Å²) in [7, 11) is 0. The van der Waals surface area contributed by atoms with Gasteiger partial charge in [-0.2, -0.15) is 0 Å². The van der Waals surface area contributed by atoms with E-state index in [2.05, 4.69) is 22.1 Å². The molecule has 1 aliphatic carbocycles. The SMILES string of the molecule is C[C@@H]1CCC[C@@H](OCc2nnc(-c3ccccn3)o2)C1. The van der Waals surface area contributed by atoms with Crippen LogP contribution in [0.3, 0.4) is 0 Å². The van der Waals surface area contributed by atoms with Crippen molar-refractivity contribution < 1.29 is 9.15 Å². The largest absolute Gasteiger partial charge is 0.417 e. The molecule has 0 spiro atoms. The first-order valence-electron chi connectivity index (χ1n) is 7.16. The molecule has 2 heterocycles. The van der Waals surface area contributed by atoms with Crippen LogP contribution in [-0.4, -0.2) is 21.3 Å². The molecular formula is C15H19N3O2. The predicted octanol–water partition coefficient (Wildman–Crippen LogP) is 3.23. The van der Waals surface area contributed by atoms with Crippen molar-refractivity contribution in [2.45, 2.75) is 45.3 Å². The highest BCUT2D eigenvalue weighted by Gasteiger charge is 2.20. The van der Waals surface area contributed by atoms with E-state index in [4.69, 9.17) is 9.15 Å². The van der Waals surface area contributed by atoms with E-state index in [1.807, 2.05) is 18.2 Å². The van der Waals surface area contributed by atoms with E-state index in [1.165, 1.54) is 12.8 Å². The summed E-state index contributed by atoms with van der Waals surface area (Å²) in [4.78, 5) is 4.19. The second-order valence-corrected chi connectivity index (χ2v) is 5.42. The molecule has 0 unspecified atom stereocenters. The molecule has 0 amide bonds. The number of aromatic nitrogens is 3. The molecule has 0 aromatic carbocycles. The highest BCUT2D eigenvalue weighted by molar-refractivity contribution is 5.44. The van der Waals surface area contributed by atoms with Crippen LogP contribution in [0.1, 0.15) is 38.5 Å². The van der Waals surface area contributed by atoms with E-state index in [-0.39, 0.29) is 0 Å². The van der Waals surface area contributed by atoms with E-state index < -0.39 is 0 Å². The van der Waals surface area contributed by atoms with Gasteiger partial charge in [-0.3, -0.25) is 4.98 Å². The number of hydrogen-bond acceptors (Lipinski definition) is 5. The highest BCUT2D eigenvalue weighted by Crippen LogP contribution is 2.26. The third kappa shape index (κ3) is 3.22. The van der Waals surface area contributed by atoms with Gasteiger partial charge in [-0.1, -0.05) is 25.8 Å². The molecule has 0 aliphatic heterocycles. The lowest BCUT2D eigenvalue weighted by Crippen LogP contribution is -2.21.